The van der Waals surface area contributed by atoms with E-state index >= 15 is 0 Å². The van der Waals surface area contributed by atoms with Crippen molar-refractivity contribution in [1.29, 1.82) is 0 Å². The summed E-state index contributed by atoms with van der Waals surface area (Å²) in [7, 11) is 0. The molecule has 0 spiro atoms. The first-order valence-electron chi connectivity index (χ1n) is 8.52. The second-order valence-electron chi connectivity index (χ2n) is 6.17. The number of nitrogens with zero attached hydrogens (tertiary/aromatic N) is 1. The molecule has 1 aliphatic rings. The molecule has 4 heteroatoms. The molecular weight excluding hydrogens is 362 g/mol. The molecule has 2 aromatic rings. The zero-order valence-electron chi connectivity index (χ0n) is 14.8. The van der Waals surface area contributed by atoms with Crippen molar-refractivity contribution in [2.75, 3.05) is 0 Å². The molecule has 0 aliphatic carbocycles. The van der Waals surface area contributed by atoms with Crippen LogP contribution in [0.1, 0.15) is 31.4 Å². The lowest BCUT2D eigenvalue weighted by Crippen LogP contribution is -2.05. The third kappa shape index (κ3) is 4.17. The number of aliphatic imine (C=N–C) groups is 1. The van der Waals surface area contributed by atoms with Crippen LogP contribution in [0.5, 0.6) is 0 Å². The van der Waals surface area contributed by atoms with Gasteiger partial charge in [0.2, 0.25) is 0 Å². The minimum Gasteiger partial charge on any atom is -0.303 e. The Morgan fingerprint density at radius 2 is 1.81 bits per heavy atom. The van der Waals surface area contributed by atoms with Crippen molar-refractivity contribution in [1.82, 2.24) is 0 Å². The summed E-state index contributed by atoms with van der Waals surface area (Å²) in [6, 6.07) is 16.1. The van der Waals surface area contributed by atoms with Gasteiger partial charge in [0.15, 0.2) is 0 Å². The van der Waals surface area contributed by atoms with E-state index in [1.54, 1.807) is 11.8 Å². The van der Waals surface area contributed by atoms with Gasteiger partial charge < -0.3 is 4.79 Å². The van der Waals surface area contributed by atoms with Crippen molar-refractivity contribution in [3.05, 3.63) is 87.4 Å². The lowest BCUT2D eigenvalue weighted by atomic mass is 10.0. The van der Waals surface area contributed by atoms with Gasteiger partial charge >= 0.3 is 0 Å². The first kappa shape index (κ1) is 18.7. The maximum absolute atomic E-state index is 10.8. The first-order chi connectivity index (χ1) is 12.6. The summed E-state index contributed by atoms with van der Waals surface area (Å²) in [5.74, 6) is -0.0684. The average molecular weight is 382 g/mol. The first-order valence-corrected chi connectivity index (χ1v) is 9.72. The molecular formula is C22H20ClNOS. The van der Waals surface area contributed by atoms with E-state index < -0.39 is 0 Å². The number of aldehydes is 1. The average Bonchev–Trinajstić information content (AvgIpc) is 2.79. The SMILES string of the molecule is CC1=C(C/C=C\C(C)C=O)Sc2ccccc2C(c2ccccc2Cl)=N1. The summed E-state index contributed by atoms with van der Waals surface area (Å²) < 4.78 is 0. The zero-order chi connectivity index (χ0) is 18.5. The summed E-state index contributed by atoms with van der Waals surface area (Å²) in [5.41, 5.74) is 3.90. The van der Waals surface area contributed by atoms with E-state index in [1.165, 1.54) is 4.91 Å². The quantitative estimate of drug-likeness (QED) is 0.449. The largest absolute Gasteiger partial charge is 0.303 e. The topological polar surface area (TPSA) is 29.4 Å². The van der Waals surface area contributed by atoms with Gasteiger partial charge in [-0.05, 0) is 25.5 Å². The molecule has 0 amide bonds. The Kier molecular flexibility index (Phi) is 6.12. The van der Waals surface area contributed by atoms with Gasteiger partial charge in [-0.3, -0.25) is 4.99 Å². The van der Waals surface area contributed by atoms with Crippen molar-refractivity contribution in [3.63, 3.8) is 0 Å². The minimum atomic E-state index is -0.0684. The molecule has 0 radical (unpaired) electrons. The maximum atomic E-state index is 10.8. The summed E-state index contributed by atoms with van der Waals surface area (Å²) in [6.07, 6.45) is 5.68. The van der Waals surface area contributed by atoms with Crippen molar-refractivity contribution < 1.29 is 4.79 Å². The smallest absolute Gasteiger partial charge is 0.126 e. The molecule has 1 unspecified atom stereocenters. The number of carbonyl (C=O) groups is 1. The number of benzene rings is 2. The van der Waals surface area contributed by atoms with Gasteiger partial charge in [0.25, 0.3) is 0 Å². The van der Waals surface area contributed by atoms with E-state index in [0.29, 0.717) is 5.02 Å². The Hall–Kier alpha value is -2.10. The van der Waals surface area contributed by atoms with E-state index in [2.05, 4.69) is 12.1 Å². The Bertz CT molecular complexity index is 914. The Morgan fingerprint density at radius 3 is 2.54 bits per heavy atom. The Labute approximate surface area is 163 Å². The highest BCUT2D eigenvalue weighted by atomic mass is 35.5. The van der Waals surface area contributed by atoms with E-state index in [1.807, 2.05) is 62.4 Å². The third-order valence-electron chi connectivity index (χ3n) is 4.14. The molecule has 0 fully saturated rings. The van der Waals surface area contributed by atoms with Crippen LogP contribution in [0.15, 0.2) is 81.2 Å². The molecule has 1 heterocycles. The normalized spacial score (nSPS) is 15.4. The van der Waals surface area contributed by atoms with Crippen LogP contribution in [0.3, 0.4) is 0 Å². The standard InChI is InChI=1S/C22H20ClNOS/c1-15(14-25)8-7-13-20-16(2)24-22(17-9-3-5-11-19(17)23)18-10-4-6-12-21(18)26-20/h3-12,14-15H,13H2,1-2H3/b8-7-. The zero-order valence-corrected chi connectivity index (χ0v) is 16.3. The van der Waals surface area contributed by atoms with Crippen LogP contribution in [0.2, 0.25) is 5.02 Å². The predicted molar refractivity (Wildman–Crippen MR) is 111 cm³/mol. The maximum Gasteiger partial charge on any atom is 0.126 e. The summed E-state index contributed by atoms with van der Waals surface area (Å²) in [4.78, 5) is 18.1. The molecule has 0 saturated carbocycles. The highest BCUT2D eigenvalue weighted by Gasteiger charge is 2.19. The molecule has 26 heavy (non-hydrogen) atoms. The molecule has 132 valence electrons. The van der Waals surface area contributed by atoms with Crippen LogP contribution >= 0.6 is 23.4 Å². The second-order valence-corrected chi connectivity index (χ2v) is 7.72. The van der Waals surface area contributed by atoms with Gasteiger partial charge in [-0.2, -0.15) is 0 Å². The van der Waals surface area contributed by atoms with Gasteiger partial charge in [0.05, 0.1) is 5.71 Å². The number of halogens is 1. The van der Waals surface area contributed by atoms with Crippen LogP contribution in [0.25, 0.3) is 0 Å². The summed E-state index contributed by atoms with van der Waals surface area (Å²) in [6.45, 7) is 3.91. The molecule has 1 atom stereocenters. The van der Waals surface area contributed by atoms with Gasteiger partial charge in [-0.25, -0.2) is 0 Å². The molecule has 3 rings (SSSR count). The number of rotatable bonds is 5. The summed E-state index contributed by atoms with van der Waals surface area (Å²) in [5, 5.41) is 0.696. The molecule has 0 saturated heterocycles. The molecule has 2 nitrogen and oxygen atoms in total. The van der Waals surface area contributed by atoms with Gasteiger partial charge in [0.1, 0.15) is 6.29 Å². The fraction of sp³-hybridized carbons (Fsp3) is 0.182. The van der Waals surface area contributed by atoms with E-state index in [0.717, 1.165) is 40.1 Å². The number of fused-ring (bicyclic) bond motifs is 1. The number of hydrogen-bond donors (Lipinski definition) is 0. The van der Waals surface area contributed by atoms with Crippen LogP contribution in [-0.2, 0) is 4.79 Å². The molecule has 1 aliphatic heterocycles. The van der Waals surface area contributed by atoms with Crippen molar-refractivity contribution >= 4 is 35.4 Å². The molecule has 2 aromatic carbocycles. The highest BCUT2D eigenvalue weighted by molar-refractivity contribution is 8.03. The van der Waals surface area contributed by atoms with E-state index in [9.17, 15) is 4.79 Å². The minimum absolute atomic E-state index is 0.0684. The highest BCUT2D eigenvalue weighted by Crippen LogP contribution is 2.39. The molecule has 0 N–H and O–H groups in total. The van der Waals surface area contributed by atoms with Gasteiger partial charge in [0, 0.05) is 37.6 Å². The predicted octanol–water partition coefficient (Wildman–Crippen LogP) is 6.30. The van der Waals surface area contributed by atoms with Crippen LogP contribution in [-0.4, -0.2) is 12.0 Å². The monoisotopic (exact) mass is 381 g/mol. The van der Waals surface area contributed by atoms with Crippen LogP contribution in [0.4, 0.5) is 0 Å². The van der Waals surface area contributed by atoms with Gasteiger partial charge in [-0.15, -0.1) is 0 Å². The van der Waals surface area contributed by atoms with E-state index in [4.69, 9.17) is 16.6 Å². The number of thioether (sulfide) groups is 1. The van der Waals surface area contributed by atoms with Crippen molar-refractivity contribution in [3.8, 4) is 0 Å². The Balaban J connectivity index is 2.06. The van der Waals surface area contributed by atoms with Crippen LogP contribution in [0, 0.1) is 5.92 Å². The van der Waals surface area contributed by atoms with Crippen molar-refractivity contribution in [2.45, 2.75) is 25.2 Å². The van der Waals surface area contributed by atoms with E-state index in [-0.39, 0.29) is 5.92 Å². The third-order valence-corrected chi connectivity index (χ3v) is 5.76. The Morgan fingerprint density at radius 1 is 1.12 bits per heavy atom. The van der Waals surface area contributed by atoms with Crippen LogP contribution < -0.4 is 0 Å². The lowest BCUT2D eigenvalue weighted by molar-refractivity contribution is -0.109. The van der Waals surface area contributed by atoms with Gasteiger partial charge in [-0.1, -0.05) is 78.8 Å². The van der Waals surface area contributed by atoms with Crippen molar-refractivity contribution in [2.24, 2.45) is 10.9 Å². The fourth-order valence-corrected chi connectivity index (χ4v) is 4.02. The molecule has 0 aromatic heterocycles. The second kappa shape index (κ2) is 8.52. The number of allylic oxidation sites excluding steroid dienone is 4. The number of hydrogen-bond acceptors (Lipinski definition) is 3. The fourth-order valence-electron chi connectivity index (χ4n) is 2.73. The summed E-state index contributed by atoms with van der Waals surface area (Å²) >= 11 is 8.18. The molecule has 0 bridgehead atoms. The number of carbonyl (C=O) groups excluding carboxylic acids is 1. The lowest BCUT2D eigenvalue weighted by Gasteiger charge is -2.10.